The number of fused-ring (bicyclic) bond motifs is 1. The highest BCUT2D eigenvalue weighted by molar-refractivity contribution is 6.03. The summed E-state index contributed by atoms with van der Waals surface area (Å²) in [5.74, 6) is -4.44. The number of carbonyl (C=O) groups excluding carboxylic acids is 1. The van der Waals surface area contributed by atoms with E-state index in [0.717, 1.165) is 6.07 Å². The predicted molar refractivity (Wildman–Crippen MR) is 115 cm³/mol. The molecule has 2 heterocycles. The third-order valence-corrected chi connectivity index (χ3v) is 5.71. The number of hydrogen-bond donors (Lipinski definition) is 2. The first kappa shape index (κ1) is 25.1. The van der Waals surface area contributed by atoms with Crippen LogP contribution in [0.2, 0.25) is 0 Å². The van der Waals surface area contributed by atoms with Crippen molar-refractivity contribution in [2.75, 3.05) is 7.11 Å². The van der Waals surface area contributed by atoms with Gasteiger partial charge in [-0.15, -0.1) is 0 Å². The molecule has 0 radical (unpaired) electrons. The molecule has 0 saturated heterocycles. The van der Waals surface area contributed by atoms with E-state index in [1.165, 1.54) is 37.6 Å². The number of aromatic nitrogens is 2. The van der Waals surface area contributed by atoms with E-state index in [9.17, 15) is 31.5 Å². The van der Waals surface area contributed by atoms with Crippen LogP contribution in [0.1, 0.15) is 47.8 Å². The second-order valence-electron chi connectivity index (χ2n) is 7.89. The fourth-order valence-corrected chi connectivity index (χ4v) is 4.04. The molecular formula is C23H22F5N3O3. The first-order valence-corrected chi connectivity index (χ1v) is 10.4. The molecule has 3 N–H and O–H groups in total. The lowest BCUT2D eigenvalue weighted by Crippen LogP contribution is -2.28. The number of nitrogens with zero attached hydrogens (tertiary/aromatic N) is 1. The van der Waals surface area contributed by atoms with Crippen LogP contribution in [0.5, 0.6) is 5.75 Å². The maximum Gasteiger partial charge on any atom is 0.391 e. The molecule has 0 bridgehead atoms. The number of nitrogens with two attached hydrogens (primary N) is 1. The smallest absolute Gasteiger partial charge is 0.391 e. The molecule has 4 rings (SSSR count). The number of methoxy groups -OCH3 is 1. The number of pyridine rings is 2. The number of carbonyl (C=O) groups is 1. The fourth-order valence-electron chi connectivity index (χ4n) is 4.04. The van der Waals surface area contributed by atoms with Crippen molar-refractivity contribution in [3.63, 3.8) is 0 Å². The van der Waals surface area contributed by atoms with Gasteiger partial charge in [0.15, 0.2) is 17.0 Å². The molecule has 1 aromatic carbocycles. The predicted octanol–water partition coefficient (Wildman–Crippen LogP) is 4.83. The Bertz CT molecular complexity index is 1240. The maximum absolute atomic E-state index is 13.0. The van der Waals surface area contributed by atoms with Crippen molar-refractivity contribution < 1.29 is 31.5 Å². The molecule has 3 aromatic rings. The number of H-pyrrole nitrogens is 1. The highest BCUT2D eigenvalue weighted by Crippen LogP contribution is 2.43. The van der Waals surface area contributed by atoms with Crippen molar-refractivity contribution in [3.8, 4) is 5.75 Å². The van der Waals surface area contributed by atoms with E-state index in [-0.39, 0.29) is 35.6 Å². The van der Waals surface area contributed by atoms with Crippen LogP contribution >= 0.6 is 0 Å². The van der Waals surface area contributed by atoms with Crippen molar-refractivity contribution in [1.82, 2.24) is 9.97 Å². The van der Waals surface area contributed by atoms with Gasteiger partial charge in [0.2, 0.25) is 5.82 Å². The fraction of sp³-hybridized carbons (Fsp3) is 0.348. The van der Waals surface area contributed by atoms with E-state index in [2.05, 4.69) is 14.7 Å². The summed E-state index contributed by atoms with van der Waals surface area (Å²) in [6.45, 7) is 0. The van der Waals surface area contributed by atoms with Gasteiger partial charge in [-0.25, -0.2) is 4.39 Å². The monoisotopic (exact) mass is 483 g/mol. The molecule has 1 aliphatic rings. The minimum absolute atomic E-state index is 0.0429. The largest absolute Gasteiger partial charge is 0.494 e. The molecular weight excluding hydrogens is 461 g/mol. The number of amides is 1. The number of ether oxygens (including phenoxy) is 1. The highest BCUT2D eigenvalue weighted by Gasteiger charge is 2.42. The Kier molecular flexibility index (Phi) is 7.53. The standard InChI is InChI=1S/C16H16F3N3O2.C7H6F2O/c17-16(18,19)9-3-1-2-8(6-9)11-7-12(23)13-10(22-11)4-5-21-14(13)15(20)24;1-10-6-4-2-3-5(8)7(6)9/h4-5,7-9H,1-3,6H2,(H2,20,24)(H,22,23);2-4H,1H3. The van der Waals surface area contributed by atoms with E-state index in [1.807, 2.05) is 0 Å². The second-order valence-corrected chi connectivity index (χ2v) is 7.89. The molecule has 1 amide bonds. The van der Waals surface area contributed by atoms with Gasteiger partial charge in [-0.1, -0.05) is 12.5 Å². The lowest BCUT2D eigenvalue weighted by molar-refractivity contribution is -0.183. The van der Waals surface area contributed by atoms with E-state index < -0.39 is 35.1 Å². The summed E-state index contributed by atoms with van der Waals surface area (Å²) < 4.78 is 68.2. The Morgan fingerprint density at radius 1 is 1.21 bits per heavy atom. The third kappa shape index (κ3) is 5.52. The Hall–Kier alpha value is -3.50. The lowest BCUT2D eigenvalue weighted by Gasteiger charge is -2.30. The molecule has 11 heteroatoms. The lowest BCUT2D eigenvalue weighted by atomic mass is 9.79. The van der Waals surface area contributed by atoms with E-state index in [4.69, 9.17) is 5.73 Å². The number of halogens is 5. The minimum atomic E-state index is -4.22. The van der Waals surface area contributed by atoms with Crippen LogP contribution in [0.3, 0.4) is 0 Å². The molecule has 0 spiro atoms. The number of rotatable bonds is 3. The molecule has 1 fully saturated rings. The number of alkyl halides is 3. The van der Waals surface area contributed by atoms with Gasteiger partial charge < -0.3 is 15.5 Å². The van der Waals surface area contributed by atoms with Crippen LogP contribution in [-0.2, 0) is 0 Å². The zero-order chi connectivity index (χ0) is 25.0. The zero-order valence-corrected chi connectivity index (χ0v) is 18.1. The Morgan fingerprint density at radius 2 is 1.94 bits per heavy atom. The number of primary amides is 1. The molecule has 2 atom stereocenters. The second kappa shape index (κ2) is 10.2. The first-order chi connectivity index (χ1) is 16.0. The molecule has 182 valence electrons. The zero-order valence-electron chi connectivity index (χ0n) is 18.1. The SMILES string of the molecule is COc1cccc(F)c1F.NC(=O)c1nccc2[nH]c(C3CCCC(C(F)(F)F)C3)cc(=O)c12. The van der Waals surface area contributed by atoms with Crippen molar-refractivity contribution in [2.24, 2.45) is 11.7 Å². The van der Waals surface area contributed by atoms with Gasteiger partial charge in [-0.2, -0.15) is 17.6 Å². The number of benzene rings is 1. The normalized spacial score (nSPS) is 18.2. The van der Waals surface area contributed by atoms with Crippen molar-refractivity contribution in [2.45, 2.75) is 37.8 Å². The summed E-state index contributed by atoms with van der Waals surface area (Å²) in [6, 6.07) is 6.56. The number of nitrogens with one attached hydrogen (secondary N) is 1. The Balaban J connectivity index is 0.000000271. The van der Waals surface area contributed by atoms with Crippen LogP contribution in [-0.4, -0.2) is 29.2 Å². The van der Waals surface area contributed by atoms with Crippen molar-refractivity contribution in [3.05, 3.63) is 69.8 Å². The van der Waals surface area contributed by atoms with Crippen LogP contribution in [0.15, 0.2) is 41.3 Å². The van der Waals surface area contributed by atoms with E-state index in [0.29, 0.717) is 24.1 Å². The summed E-state index contributed by atoms with van der Waals surface area (Å²) >= 11 is 0. The Morgan fingerprint density at radius 3 is 2.56 bits per heavy atom. The molecule has 2 unspecified atom stereocenters. The molecule has 6 nitrogen and oxygen atoms in total. The van der Waals surface area contributed by atoms with Gasteiger partial charge >= 0.3 is 6.18 Å². The quantitative estimate of drug-likeness (QED) is 0.522. The topological polar surface area (TPSA) is 98.1 Å². The average molecular weight is 483 g/mol. The van der Waals surface area contributed by atoms with Gasteiger partial charge in [-0.05, 0) is 43.4 Å². The summed E-state index contributed by atoms with van der Waals surface area (Å²) in [6.07, 6.45) is -1.77. The van der Waals surface area contributed by atoms with Crippen molar-refractivity contribution in [1.29, 1.82) is 0 Å². The van der Waals surface area contributed by atoms with Gasteiger partial charge in [0, 0.05) is 18.0 Å². The van der Waals surface area contributed by atoms with E-state index in [1.54, 1.807) is 0 Å². The van der Waals surface area contributed by atoms with Gasteiger partial charge in [0.05, 0.1) is 23.9 Å². The molecule has 2 aromatic heterocycles. The summed E-state index contributed by atoms with van der Waals surface area (Å²) in [7, 11) is 1.29. The van der Waals surface area contributed by atoms with Gasteiger partial charge in [-0.3, -0.25) is 14.6 Å². The van der Waals surface area contributed by atoms with Crippen LogP contribution in [0.25, 0.3) is 10.9 Å². The minimum Gasteiger partial charge on any atom is -0.494 e. The number of aromatic amines is 1. The summed E-state index contributed by atoms with van der Waals surface area (Å²) in [5, 5.41) is 0.0666. The van der Waals surface area contributed by atoms with Crippen LogP contribution in [0.4, 0.5) is 22.0 Å². The van der Waals surface area contributed by atoms with Crippen molar-refractivity contribution >= 4 is 16.8 Å². The molecule has 0 aliphatic heterocycles. The summed E-state index contributed by atoms with van der Waals surface area (Å²) in [5.41, 5.74) is 5.43. The highest BCUT2D eigenvalue weighted by atomic mass is 19.4. The maximum atomic E-state index is 13.0. The Labute approximate surface area is 190 Å². The number of hydrogen-bond acceptors (Lipinski definition) is 4. The molecule has 1 saturated carbocycles. The van der Waals surface area contributed by atoms with Gasteiger partial charge in [0.25, 0.3) is 5.91 Å². The third-order valence-electron chi connectivity index (χ3n) is 5.71. The van der Waals surface area contributed by atoms with Crippen LogP contribution < -0.4 is 15.9 Å². The average Bonchev–Trinajstić information content (AvgIpc) is 2.80. The summed E-state index contributed by atoms with van der Waals surface area (Å²) in [4.78, 5) is 30.5. The molecule has 34 heavy (non-hydrogen) atoms. The van der Waals surface area contributed by atoms with E-state index >= 15 is 0 Å². The van der Waals surface area contributed by atoms with Crippen LogP contribution in [0, 0.1) is 17.6 Å². The van der Waals surface area contributed by atoms with Gasteiger partial charge in [0.1, 0.15) is 5.69 Å². The molecule has 1 aliphatic carbocycles. The first-order valence-electron chi connectivity index (χ1n) is 10.4.